The second-order valence-electron chi connectivity index (χ2n) is 8.12. The summed E-state index contributed by atoms with van der Waals surface area (Å²) in [5, 5.41) is 1.21. The monoisotopic (exact) mass is 464 g/mol. The molecule has 1 atom stereocenters. The van der Waals surface area contributed by atoms with Crippen LogP contribution in [0.4, 0.5) is 4.39 Å². The largest absolute Gasteiger partial charge is 0.293 e. The van der Waals surface area contributed by atoms with Gasteiger partial charge in [0, 0.05) is 10.4 Å². The highest BCUT2D eigenvalue weighted by Crippen LogP contribution is 2.37. The van der Waals surface area contributed by atoms with Crippen molar-refractivity contribution in [1.82, 2.24) is 9.55 Å². The third-order valence-electron chi connectivity index (χ3n) is 5.81. The molecule has 0 bridgehead atoms. The number of thioether (sulfide) groups is 1. The molecule has 4 nitrogen and oxygen atoms in total. The molecule has 1 unspecified atom stereocenters. The van der Waals surface area contributed by atoms with Gasteiger partial charge in [-0.05, 0) is 67.1 Å². The topological polar surface area (TPSA) is 52.0 Å². The number of aromatic nitrogens is 2. The zero-order chi connectivity index (χ0) is 22.2. The Morgan fingerprint density at radius 1 is 1.19 bits per heavy atom. The van der Waals surface area contributed by atoms with Gasteiger partial charge in [-0.2, -0.15) is 0 Å². The van der Waals surface area contributed by atoms with E-state index in [0.717, 1.165) is 40.7 Å². The first-order valence-electron chi connectivity index (χ1n) is 10.6. The summed E-state index contributed by atoms with van der Waals surface area (Å²) in [7, 11) is 0. The molecule has 0 N–H and O–H groups in total. The van der Waals surface area contributed by atoms with Gasteiger partial charge in [-0.3, -0.25) is 14.2 Å². The van der Waals surface area contributed by atoms with Crippen LogP contribution in [0, 0.1) is 11.7 Å². The van der Waals surface area contributed by atoms with Gasteiger partial charge in [0.15, 0.2) is 10.9 Å². The molecule has 1 aliphatic rings. The van der Waals surface area contributed by atoms with Crippen LogP contribution in [0.15, 0.2) is 64.5 Å². The van der Waals surface area contributed by atoms with Crippen molar-refractivity contribution in [2.75, 3.05) is 5.75 Å². The molecule has 2 aromatic carbocycles. The van der Waals surface area contributed by atoms with Gasteiger partial charge >= 0.3 is 0 Å². The molecule has 0 radical (unpaired) electrons. The molecule has 7 heteroatoms. The summed E-state index contributed by atoms with van der Waals surface area (Å²) in [5.74, 6) is 0.200. The predicted molar refractivity (Wildman–Crippen MR) is 128 cm³/mol. The fourth-order valence-corrected chi connectivity index (χ4v) is 6.45. The molecule has 1 aliphatic carbocycles. The number of benzene rings is 2. The van der Waals surface area contributed by atoms with E-state index in [1.165, 1.54) is 40.9 Å². The number of fused-ring (bicyclic) bond motifs is 3. The zero-order valence-electron chi connectivity index (χ0n) is 17.5. The Morgan fingerprint density at radius 3 is 2.69 bits per heavy atom. The van der Waals surface area contributed by atoms with Crippen LogP contribution in [-0.2, 0) is 12.8 Å². The minimum Gasteiger partial charge on any atom is -0.293 e. The number of ketones is 1. The van der Waals surface area contributed by atoms with E-state index in [1.54, 1.807) is 15.9 Å². The predicted octanol–water partition coefficient (Wildman–Crippen LogP) is 5.69. The van der Waals surface area contributed by atoms with Crippen molar-refractivity contribution in [2.45, 2.75) is 31.3 Å². The molecule has 0 aliphatic heterocycles. The van der Waals surface area contributed by atoms with E-state index in [4.69, 9.17) is 4.98 Å². The molecule has 0 amide bonds. The number of nitrogens with zero attached hydrogens (tertiary/aromatic N) is 2. The summed E-state index contributed by atoms with van der Waals surface area (Å²) in [6.07, 6.45) is 2.96. The lowest BCUT2D eigenvalue weighted by Crippen LogP contribution is -2.23. The number of halogens is 1. The van der Waals surface area contributed by atoms with Crippen molar-refractivity contribution in [3.63, 3.8) is 0 Å². The maximum absolute atomic E-state index is 13.7. The van der Waals surface area contributed by atoms with Crippen LogP contribution >= 0.6 is 23.1 Å². The van der Waals surface area contributed by atoms with Gasteiger partial charge in [0.1, 0.15) is 10.6 Å². The van der Waals surface area contributed by atoms with Gasteiger partial charge < -0.3 is 0 Å². The van der Waals surface area contributed by atoms with Gasteiger partial charge in [-0.25, -0.2) is 9.37 Å². The van der Waals surface area contributed by atoms with E-state index >= 15 is 0 Å². The molecule has 4 aromatic rings. The first-order valence-corrected chi connectivity index (χ1v) is 12.4. The second kappa shape index (κ2) is 8.64. The number of thiophene rings is 1. The second-order valence-corrected chi connectivity index (χ2v) is 10.1. The highest BCUT2D eigenvalue weighted by atomic mass is 32.2. The van der Waals surface area contributed by atoms with Crippen molar-refractivity contribution < 1.29 is 9.18 Å². The van der Waals surface area contributed by atoms with Crippen LogP contribution in [0.3, 0.4) is 0 Å². The molecular formula is C25H21FN2O2S2. The fourth-order valence-electron chi connectivity index (χ4n) is 4.12. The number of para-hydroxylation sites is 1. The maximum atomic E-state index is 13.7. The average Bonchev–Trinajstić information content (AvgIpc) is 3.16. The number of rotatable bonds is 5. The highest BCUT2D eigenvalue weighted by Gasteiger charge is 2.25. The number of carbonyl (C=O) groups excluding carboxylic acids is 1. The van der Waals surface area contributed by atoms with Crippen LogP contribution in [-0.4, -0.2) is 21.1 Å². The van der Waals surface area contributed by atoms with Crippen molar-refractivity contribution >= 4 is 39.1 Å². The van der Waals surface area contributed by atoms with Crippen molar-refractivity contribution in [3.8, 4) is 5.69 Å². The van der Waals surface area contributed by atoms with E-state index in [1.807, 2.05) is 30.3 Å². The van der Waals surface area contributed by atoms with Crippen molar-refractivity contribution in [1.29, 1.82) is 0 Å². The highest BCUT2D eigenvalue weighted by molar-refractivity contribution is 7.99. The van der Waals surface area contributed by atoms with E-state index in [9.17, 15) is 14.0 Å². The summed E-state index contributed by atoms with van der Waals surface area (Å²) in [5.41, 5.74) is 2.23. The van der Waals surface area contributed by atoms with Crippen molar-refractivity contribution in [2.24, 2.45) is 5.92 Å². The molecule has 2 heterocycles. The number of aryl methyl sites for hydroxylation is 1. The van der Waals surface area contributed by atoms with Gasteiger partial charge in [-0.15, -0.1) is 11.3 Å². The van der Waals surface area contributed by atoms with E-state index in [-0.39, 0.29) is 22.9 Å². The Balaban J connectivity index is 1.58. The first-order chi connectivity index (χ1) is 15.5. The first kappa shape index (κ1) is 21.1. The molecule has 0 saturated heterocycles. The molecule has 5 rings (SSSR count). The number of hydrogen-bond donors (Lipinski definition) is 0. The van der Waals surface area contributed by atoms with Gasteiger partial charge in [0.2, 0.25) is 0 Å². The summed E-state index contributed by atoms with van der Waals surface area (Å²) in [4.78, 5) is 33.2. The normalized spacial score (nSPS) is 15.6. The SMILES string of the molecule is CC1CCc2c(sc3nc(SCC(=O)c4ccc(F)cc4)n(-c4ccccc4)c(=O)c23)C1. The Labute approximate surface area is 193 Å². The van der Waals surface area contributed by atoms with Crippen LogP contribution in [0.25, 0.3) is 15.9 Å². The Morgan fingerprint density at radius 2 is 1.94 bits per heavy atom. The summed E-state index contributed by atoms with van der Waals surface area (Å²) < 4.78 is 14.8. The van der Waals surface area contributed by atoms with E-state index in [2.05, 4.69) is 6.92 Å². The van der Waals surface area contributed by atoms with Crippen LogP contribution in [0.1, 0.15) is 34.1 Å². The minimum atomic E-state index is -0.379. The Kier molecular flexibility index (Phi) is 5.69. The third kappa shape index (κ3) is 3.91. The van der Waals surface area contributed by atoms with Crippen LogP contribution in [0.2, 0.25) is 0 Å². The van der Waals surface area contributed by atoms with E-state index in [0.29, 0.717) is 16.6 Å². The summed E-state index contributed by atoms with van der Waals surface area (Å²) in [6, 6.07) is 14.9. The third-order valence-corrected chi connectivity index (χ3v) is 7.90. The molecule has 0 spiro atoms. The molecule has 162 valence electrons. The summed E-state index contributed by atoms with van der Waals surface area (Å²) >= 11 is 2.84. The molecular weight excluding hydrogens is 443 g/mol. The maximum Gasteiger partial charge on any atom is 0.267 e. The molecule has 0 saturated carbocycles. The smallest absolute Gasteiger partial charge is 0.267 e. The fraction of sp³-hybridized carbons (Fsp3) is 0.240. The van der Waals surface area contributed by atoms with E-state index < -0.39 is 0 Å². The average molecular weight is 465 g/mol. The number of Topliss-reactive ketones (excluding diaryl/α,β-unsaturated/α-hetero) is 1. The molecule has 0 fully saturated rings. The van der Waals surface area contributed by atoms with Crippen LogP contribution < -0.4 is 5.56 Å². The zero-order valence-corrected chi connectivity index (χ0v) is 19.1. The summed E-state index contributed by atoms with van der Waals surface area (Å²) in [6.45, 7) is 2.24. The lowest BCUT2D eigenvalue weighted by atomic mass is 9.89. The minimum absolute atomic E-state index is 0.0787. The molecule has 2 aromatic heterocycles. The Hall–Kier alpha value is -2.77. The molecule has 32 heavy (non-hydrogen) atoms. The van der Waals surface area contributed by atoms with Crippen molar-refractivity contribution in [3.05, 3.63) is 86.8 Å². The standard InChI is InChI=1S/C25H21FN2O2S2/c1-15-7-12-19-21(13-15)32-23-22(19)24(30)28(18-5-3-2-4-6-18)25(27-23)31-14-20(29)16-8-10-17(26)11-9-16/h2-6,8-11,15H,7,12-14H2,1H3. The lowest BCUT2D eigenvalue weighted by molar-refractivity contribution is 0.102. The number of hydrogen-bond acceptors (Lipinski definition) is 5. The van der Waals surface area contributed by atoms with Gasteiger partial charge in [-0.1, -0.05) is 36.9 Å². The number of carbonyl (C=O) groups is 1. The van der Waals surface area contributed by atoms with Crippen LogP contribution in [0.5, 0.6) is 0 Å². The van der Waals surface area contributed by atoms with Gasteiger partial charge in [0.05, 0.1) is 16.8 Å². The Bertz CT molecular complexity index is 1360. The lowest BCUT2D eigenvalue weighted by Gasteiger charge is -2.17. The quantitative estimate of drug-likeness (QED) is 0.216. The van der Waals surface area contributed by atoms with Gasteiger partial charge in [0.25, 0.3) is 5.56 Å².